The van der Waals surface area contributed by atoms with Crippen molar-refractivity contribution in [1.29, 1.82) is 0 Å². The SMILES string of the molecule is COc1cc(OC)cc(-c2c3c(cn(-c4cc(N)ccc4C(F)(F)F)c2=O)CCC3)c1. The van der Waals surface area contributed by atoms with E-state index in [9.17, 15) is 18.0 Å². The molecule has 0 unspecified atom stereocenters. The molecule has 31 heavy (non-hydrogen) atoms. The molecule has 0 fully saturated rings. The number of rotatable bonds is 4. The Hall–Kier alpha value is -3.42. The maximum atomic E-state index is 13.7. The lowest BCUT2D eigenvalue weighted by Crippen LogP contribution is -2.25. The van der Waals surface area contributed by atoms with Crippen molar-refractivity contribution in [2.75, 3.05) is 20.0 Å². The Morgan fingerprint density at radius 1 is 1.00 bits per heavy atom. The van der Waals surface area contributed by atoms with Gasteiger partial charge in [-0.25, -0.2) is 0 Å². The number of hydrogen-bond donors (Lipinski definition) is 1. The van der Waals surface area contributed by atoms with Crippen molar-refractivity contribution in [3.05, 3.63) is 69.6 Å². The molecule has 0 radical (unpaired) electrons. The molecule has 5 nitrogen and oxygen atoms in total. The van der Waals surface area contributed by atoms with Gasteiger partial charge in [-0.2, -0.15) is 13.2 Å². The van der Waals surface area contributed by atoms with Crippen LogP contribution in [0.1, 0.15) is 23.1 Å². The first-order chi connectivity index (χ1) is 14.7. The predicted octanol–water partition coefficient (Wildman–Crippen LogP) is 4.61. The minimum absolute atomic E-state index is 0.139. The van der Waals surface area contributed by atoms with Crippen LogP contribution >= 0.6 is 0 Å². The first-order valence-corrected chi connectivity index (χ1v) is 9.71. The van der Waals surface area contributed by atoms with E-state index in [2.05, 4.69) is 0 Å². The van der Waals surface area contributed by atoms with E-state index < -0.39 is 17.3 Å². The van der Waals surface area contributed by atoms with Gasteiger partial charge in [-0.05, 0) is 66.3 Å². The van der Waals surface area contributed by atoms with Crippen molar-refractivity contribution in [2.24, 2.45) is 0 Å². The van der Waals surface area contributed by atoms with Crippen LogP contribution in [0.4, 0.5) is 18.9 Å². The summed E-state index contributed by atoms with van der Waals surface area (Å²) in [7, 11) is 2.99. The lowest BCUT2D eigenvalue weighted by molar-refractivity contribution is -0.137. The van der Waals surface area contributed by atoms with E-state index >= 15 is 0 Å². The molecule has 1 heterocycles. The summed E-state index contributed by atoms with van der Waals surface area (Å²) < 4.78 is 52.8. The van der Waals surface area contributed by atoms with Crippen LogP contribution in [0.25, 0.3) is 16.8 Å². The lowest BCUT2D eigenvalue weighted by atomic mass is 9.98. The summed E-state index contributed by atoms with van der Waals surface area (Å²) >= 11 is 0. The Balaban J connectivity index is 2.05. The van der Waals surface area contributed by atoms with Crippen LogP contribution in [0.2, 0.25) is 0 Å². The van der Waals surface area contributed by atoms with Gasteiger partial charge in [0.05, 0.1) is 31.0 Å². The number of nitrogens with two attached hydrogens (primary N) is 1. The second kappa shape index (κ2) is 7.68. The third kappa shape index (κ3) is 3.73. The van der Waals surface area contributed by atoms with E-state index in [1.54, 1.807) is 18.2 Å². The highest BCUT2D eigenvalue weighted by molar-refractivity contribution is 5.72. The fourth-order valence-corrected chi connectivity index (χ4v) is 4.08. The normalized spacial score (nSPS) is 13.2. The Kier molecular flexibility index (Phi) is 5.16. The monoisotopic (exact) mass is 430 g/mol. The number of hydrogen-bond acceptors (Lipinski definition) is 4. The number of benzene rings is 2. The fraction of sp³-hybridized carbons (Fsp3) is 0.261. The molecule has 3 aromatic rings. The maximum absolute atomic E-state index is 13.7. The molecule has 8 heteroatoms. The van der Waals surface area contributed by atoms with Crippen molar-refractivity contribution < 1.29 is 22.6 Å². The van der Waals surface area contributed by atoms with Gasteiger partial charge in [0.15, 0.2) is 0 Å². The lowest BCUT2D eigenvalue weighted by Gasteiger charge is -2.19. The molecule has 1 aliphatic rings. The first-order valence-electron chi connectivity index (χ1n) is 9.71. The van der Waals surface area contributed by atoms with Gasteiger partial charge in [-0.15, -0.1) is 0 Å². The topological polar surface area (TPSA) is 66.5 Å². The van der Waals surface area contributed by atoms with Gasteiger partial charge >= 0.3 is 6.18 Å². The average molecular weight is 430 g/mol. The largest absolute Gasteiger partial charge is 0.497 e. The zero-order valence-electron chi connectivity index (χ0n) is 17.0. The Morgan fingerprint density at radius 3 is 2.29 bits per heavy atom. The summed E-state index contributed by atoms with van der Waals surface area (Å²) in [5.41, 5.74) is 6.73. The highest BCUT2D eigenvalue weighted by atomic mass is 19.4. The van der Waals surface area contributed by atoms with Crippen molar-refractivity contribution >= 4 is 5.69 Å². The Labute approximate surface area is 176 Å². The smallest absolute Gasteiger partial charge is 0.418 e. The number of anilines is 1. The van der Waals surface area contributed by atoms with Crippen LogP contribution in [0.3, 0.4) is 0 Å². The number of alkyl halides is 3. The molecule has 0 aliphatic heterocycles. The van der Waals surface area contributed by atoms with Gasteiger partial charge < -0.3 is 15.2 Å². The van der Waals surface area contributed by atoms with Gasteiger partial charge in [0, 0.05) is 18.0 Å². The van der Waals surface area contributed by atoms with Crippen LogP contribution in [0.5, 0.6) is 11.5 Å². The van der Waals surface area contributed by atoms with Gasteiger partial charge in [-0.1, -0.05) is 0 Å². The number of nitrogens with zero attached hydrogens (tertiary/aromatic N) is 1. The standard InChI is InChI=1S/C23H21F3N2O3/c1-30-16-8-14(9-17(11-16)31-2)21-18-5-3-4-13(18)12-28(22(21)29)20-10-15(27)6-7-19(20)23(24,25)26/h6-12H,3-5,27H2,1-2H3. The zero-order valence-corrected chi connectivity index (χ0v) is 17.0. The number of ether oxygens (including phenoxy) is 2. The Morgan fingerprint density at radius 2 is 1.68 bits per heavy atom. The Bertz CT molecular complexity index is 1190. The average Bonchev–Trinajstić information content (AvgIpc) is 3.19. The highest BCUT2D eigenvalue weighted by Crippen LogP contribution is 2.37. The highest BCUT2D eigenvalue weighted by Gasteiger charge is 2.35. The number of aromatic nitrogens is 1. The third-order valence-corrected chi connectivity index (χ3v) is 5.51. The summed E-state index contributed by atoms with van der Waals surface area (Å²) in [6, 6.07) is 8.31. The van der Waals surface area contributed by atoms with Crippen molar-refractivity contribution in [3.8, 4) is 28.3 Å². The van der Waals surface area contributed by atoms with E-state index in [1.165, 1.54) is 32.5 Å². The van der Waals surface area contributed by atoms with Gasteiger partial charge in [-0.3, -0.25) is 9.36 Å². The maximum Gasteiger partial charge on any atom is 0.418 e. The molecule has 4 rings (SSSR count). The van der Waals surface area contributed by atoms with Crippen LogP contribution in [-0.4, -0.2) is 18.8 Å². The van der Waals surface area contributed by atoms with Crippen molar-refractivity contribution in [3.63, 3.8) is 0 Å². The van der Waals surface area contributed by atoms with E-state index in [4.69, 9.17) is 15.2 Å². The summed E-state index contributed by atoms with van der Waals surface area (Å²) in [5.74, 6) is 0.965. The summed E-state index contributed by atoms with van der Waals surface area (Å²) in [6.45, 7) is 0. The second-order valence-corrected chi connectivity index (χ2v) is 7.41. The van der Waals surface area contributed by atoms with E-state index in [0.29, 0.717) is 35.5 Å². The first kappa shape index (κ1) is 20.8. The number of halogens is 3. The molecule has 0 spiro atoms. The molecule has 0 atom stereocenters. The number of nitrogen functional groups attached to an aromatic ring is 1. The predicted molar refractivity (Wildman–Crippen MR) is 112 cm³/mol. The molecule has 0 bridgehead atoms. The number of pyridine rings is 1. The van der Waals surface area contributed by atoms with Gasteiger partial charge in [0.2, 0.25) is 0 Å². The third-order valence-electron chi connectivity index (χ3n) is 5.51. The molecular weight excluding hydrogens is 409 g/mol. The number of aryl methyl sites for hydroxylation is 1. The second-order valence-electron chi connectivity index (χ2n) is 7.41. The fourth-order valence-electron chi connectivity index (χ4n) is 4.08. The van der Waals surface area contributed by atoms with Gasteiger partial charge in [0.1, 0.15) is 11.5 Å². The van der Waals surface area contributed by atoms with E-state index in [0.717, 1.165) is 28.2 Å². The van der Waals surface area contributed by atoms with E-state index in [-0.39, 0.29) is 11.4 Å². The van der Waals surface area contributed by atoms with Crippen molar-refractivity contribution in [1.82, 2.24) is 4.57 Å². The minimum atomic E-state index is -4.64. The summed E-state index contributed by atoms with van der Waals surface area (Å²) in [5, 5.41) is 0. The van der Waals surface area contributed by atoms with Crippen molar-refractivity contribution in [2.45, 2.75) is 25.4 Å². The quantitative estimate of drug-likeness (QED) is 0.614. The summed E-state index contributed by atoms with van der Waals surface area (Å²) in [6.07, 6.45) is -0.969. The molecule has 2 aromatic carbocycles. The molecule has 2 N–H and O–H groups in total. The molecule has 0 saturated heterocycles. The molecular formula is C23H21F3N2O3. The van der Waals surface area contributed by atoms with E-state index in [1.807, 2.05) is 0 Å². The minimum Gasteiger partial charge on any atom is -0.497 e. The number of fused-ring (bicyclic) bond motifs is 1. The molecule has 1 aliphatic carbocycles. The molecule has 0 saturated carbocycles. The zero-order chi connectivity index (χ0) is 22.3. The molecule has 162 valence electrons. The van der Waals surface area contributed by atoms with Crippen LogP contribution in [0.15, 0.2) is 47.4 Å². The molecule has 0 amide bonds. The van der Waals surface area contributed by atoms with Crippen LogP contribution in [0, 0.1) is 0 Å². The summed E-state index contributed by atoms with van der Waals surface area (Å²) in [4.78, 5) is 13.6. The van der Waals surface area contributed by atoms with Gasteiger partial charge in [0.25, 0.3) is 5.56 Å². The van der Waals surface area contributed by atoms with Crippen LogP contribution < -0.4 is 20.8 Å². The number of methoxy groups -OCH3 is 2. The molecule has 1 aromatic heterocycles. The van der Waals surface area contributed by atoms with Crippen LogP contribution in [-0.2, 0) is 19.0 Å².